The number of methoxy groups -OCH3 is 1. The van der Waals surface area contributed by atoms with Crippen molar-refractivity contribution in [2.24, 2.45) is 0 Å². The Hall–Kier alpha value is -3.93. The number of ether oxygens (including phenoxy) is 1. The number of nitrogens with zero attached hydrogens (tertiary/aromatic N) is 2. The van der Waals surface area contributed by atoms with Crippen LogP contribution in [0.3, 0.4) is 0 Å². The smallest absolute Gasteiger partial charge is 0.259 e. The van der Waals surface area contributed by atoms with Crippen LogP contribution in [0, 0.1) is 12.7 Å². The molecule has 1 heterocycles. The largest absolute Gasteiger partial charge is 0.497 e. The molecule has 0 atom stereocenters. The predicted molar refractivity (Wildman–Crippen MR) is 115 cm³/mol. The van der Waals surface area contributed by atoms with Gasteiger partial charge < -0.3 is 10.1 Å². The van der Waals surface area contributed by atoms with Crippen LogP contribution in [-0.4, -0.2) is 22.8 Å². The third-order valence-corrected chi connectivity index (χ3v) is 4.79. The molecule has 150 valence electrons. The average molecular weight is 401 g/mol. The molecule has 1 amide bonds. The van der Waals surface area contributed by atoms with Crippen LogP contribution in [0.15, 0.2) is 79.0 Å². The minimum Gasteiger partial charge on any atom is -0.497 e. The Balaban J connectivity index is 1.79. The van der Waals surface area contributed by atoms with Crippen LogP contribution >= 0.6 is 0 Å². The number of carbonyl (C=O) groups is 1. The number of aromatic nitrogens is 2. The maximum Gasteiger partial charge on any atom is 0.259 e. The third-order valence-electron chi connectivity index (χ3n) is 4.79. The van der Waals surface area contributed by atoms with Crippen LogP contribution in [0.4, 0.5) is 10.1 Å². The SMILES string of the molecule is COc1cccc(-c2nn(-c3ccc(F)cc3)cc2C(=O)Nc2ccccc2C)c1. The first-order chi connectivity index (χ1) is 14.5. The zero-order valence-corrected chi connectivity index (χ0v) is 16.6. The van der Waals surface area contributed by atoms with E-state index in [9.17, 15) is 9.18 Å². The number of carbonyl (C=O) groups excluding carboxylic acids is 1. The molecule has 0 aliphatic heterocycles. The van der Waals surface area contributed by atoms with Gasteiger partial charge in [-0.3, -0.25) is 4.79 Å². The van der Waals surface area contributed by atoms with Gasteiger partial charge in [0.1, 0.15) is 17.3 Å². The number of halogens is 1. The van der Waals surface area contributed by atoms with E-state index in [0.717, 1.165) is 16.8 Å². The molecule has 0 saturated heterocycles. The number of nitrogens with one attached hydrogen (secondary N) is 1. The molecule has 0 radical (unpaired) electrons. The quantitative estimate of drug-likeness (QED) is 0.497. The van der Waals surface area contributed by atoms with Gasteiger partial charge in [-0.05, 0) is 55.0 Å². The maximum atomic E-state index is 13.3. The second-order valence-electron chi connectivity index (χ2n) is 6.81. The Kier molecular flexibility index (Phi) is 5.30. The van der Waals surface area contributed by atoms with Crippen molar-refractivity contribution in [2.75, 3.05) is 12.4 Å². The lowest BCUT2D eigenvalue weighted by atomic mass is 10.1. The number of amides is 1. The van der Waals surface area contributed by atoms with E-state index >= 15 is 0 Å². The lowest BCUT2D eigenvalue weighted by Gasteiger charge is -2.08. The van der Waals surface area contributed by atoms with Gasteiger partial charge in [0.2, 0.25) is 0 Å². The number of aryl methyl sites for hydroxylation is 1. The second-order valence-corrected chi connectivity index (χ2v) is 6.81. The van der Waals surface area contributed by atoms with Gasteiger partial charge in [-0.15, -0.1) is 0 Å². The lowest BCUT2D eigenvalue weighted by molar-refractivity contribution is 0.102. The molecule has 0 unspecified atom stereocenters. The van der Waals surface area contributed by atoms with Crippen LogP contribution in [0.2, 0.25) is 0 Å². The molecule has 0 fully saturated rings. The first-order valence-electron chi connectivity index (χ1n) is 9.42. The summed E-state index contributed by atoms with van der Waals surface area (Å²) >= 11 is 0. The monoisotopic (exact) mass is 401 g/mol. The minimum atomic E-state index is -0.337. The summed E-state index contributed by atoms with van der Waals surface area (Å²) in [5, 5.41) is 7.57. The third kappa shape index (κ3) is 3.93. The Morgan fingerprint density at radius 3 is 2.53 bits per heavy atom. The summed E-state index contributed by atoms with van der Waals surface area (Å²) in [5.74, 6) is 0.0426. The first kappa shape index (κ1) is 19.4. The molecule has 0 bridgehead atoms. The number of benzene rings is 3. The van der Waals surface area contributed by atoms with Gasteiger partial charge in [-0.25, -0.2) is 9.07 Å². The van der Waals surface area contributed by atoms with Crippen molar-refractivity contribution in [1.29, 1.82) is 0 Å². The van der Waals surface area contributed by atoms with E-state index < -0.39 is 0 Å². The number of hydrogen-bond donors (Lipinski definition) is 1. The van der Waals surface area contributed by atoms with Gasteiger partial charge >= 0.3 is 0 Å². The zero-order valence-electron chi connectivity index (χ0n) is 16.6. The Labute approximate surface area is 173 Å². The summed E-state index contributed by atoms with van der Waals surface area (Å²) in [5.41, 5.74) is 3.98. The fraction of sp³-hybridized carbons (Fsp3) is 0.0833. The summed E-state index contributed by atoms with van der Waals surface area (Å²) in [6.07, 6.45) is 1.65. The van der Waals surface area contributed by atoms with Crippen molar-refractivity contribution in [3.63, 3.8) is 0 Å². The van der Waals surface area contributed by atoms with Gasteiger partial charge in [0, 0.05) is 17.4 Å². The minimum absolute atomic E-state index is 0.282. The number of anilines is 1. The van der Waals surface area contributed by atoms with E-state index in [1.54, 1.807) is 30.1 Å². The molecular formula is C24H20FN3O2. The van der Waals surface area contributed by atoms with Crippen molar-refractivity contribution in [3.8, 4) is 22.7 Å². The summed E-state index contributed by atoms with van der Waals surface area (Å²) < 4.78 is 20.2. The molecule has 0 spiro atoms. The normalized spacial score (nSPS) is 10.6. The molecule has 3 aromatic carbocycles. The molecule has 30 heavy (non-hydrogen) atoms. The number of hydrogen-bond acceptors (Lipinski definition) is 3. The van der Waals surface area contributed by atoms with Gasteiger partial charge in [-0.1, -0.05) is 30.3 Å². The molecule has 6 heteroatoms. The van der Waals surface area contributed by atoms with E-state index in [0.29, 0.717) is 22.7 Å². The summed E-state index contributed by atoms with van der Waals surface area (Å²) in [4.78, 5) is 13.2. The van der Waals surface area contributed by atoms with Crippen molar-refractivity contribution >= 4 is 11.6 Å². The molecule has 0 saturated carbocycles. The van der Waals surface area contributed by atoms with Crippen LogP contribution < -0.4 is 10.1 Å². The fourth-order valence-electron chi connectivity index (χ4n) is 3.15. The van der Waals surface area contributed by atoms with Gasteiger partial charge in [-0.2, -0.15) is 5.10 Å². The molecular weight excluding hydrogens is 381 g/mol. The van der Waals surface area contributed by atoms with Crippen LogP contribution in [0.25, 0.3) is 16.9 Å². The molecule has 5 nitrogen and oxygen atoms in total. The molecule has 4 rings (SSSR count). The highest BCUT2D eigenvalue weighted by atomic mass is 19.1. The summed E-state index contributed by atoms with van der Waals surface area (Å²) in [7, 11) is 1.59. The summed E-state index contributed by atoms with van der Waals surface area (Å²) in [6, 6.07) is 20.9. The van der Waals surface area contributed by atoms with Crippen molar-refractivity contribution in [2.45, 2.75) is 6.92 Å². The fourth-order valence-corrected chi connectivity index (χ4v) is 3.15. The Morgan fingerprint density at radius 2 is 1.80 bits per heavy atom. The van der Waals surface area contributed by atoms with Gasteiger partial charge in [0.15, 0.2) is 0 Å². The highest BCUT2D eigenvalue weighted by Gasteiger charge is 2.20. The second kappa shape index (κ2) is 8.21. The lowest BCUT2D eigenvalue weighted by Crippen LogP contribution is -2.13. The molecule has 1 aromatic heterocycles. The van der Waals surface area contributed by atoms with E-state index in [-0.39, 0.29) is 11.7 Å². The predicted octanol–water partition coefficient (Wildman–Crippen LogP) is 5.25. The first-order valence-corrected chi connectivity index (χ1v) is 9.42. The zero-order chi connectivity index (χ0) is 21.1. The number of rotatable bonds is 5. The van der Waals surface area contributed by atoms with E-state index in [1.807, 2.05) is 55.5 Å². The van der Waals surface area contributed by atoms with E-state index in [2.05, 4.69) is 10.4 Å². The Morgan fingerprint density at radius 1 is 1.03 bits per heavy atom. The van der Waals surface area contributed by atoms with Crippen molar-refractivity contribution in [1.82, 2.24) is 9.78 Å². The van der Waals surface area contributed by atoms with Gasteiger partial charge in [0.05, 0.1) is 18.4 Å². The van der Waals surface area contributed by atoms with Crippen LogP contribution in [-0.2, 0) is 0 Å². The Bertz CT molecular complexity index is 1200. The molecule has 0 aliphatic rings. The van der Waals surface area contributed by atoms with E-state index in [4.69, 9.17) is 4.74 Å². The van der Waals surface area contributed by atoms with Crippen molar-refractivity contribution < 1.29 is 13.9 Å². The van der Waals surface area contributed by atoms with E-state index in [1.165, 1.54) is 12.1 Å². The average Bonchev–Trinajstić information content (AvgIpc) is 3.21. The molecule has 1 N–H and O–H groups in total. The number of para-hydroxylation sites is 1. The summed E-state index contributed by atoms with van der Waals surface area (Å²) in [6.45, 7) is 1.93. The standard InChI is InChI=1S/C24H20FN3O2/c1-16-6-3-4-9-22(16)26-24(29)21-15-28(19-12-10-18(25)11-13-19)27-23(21)17-7-5-8-20(14-17)30-2/h3-15H,1-2H3,(H,26,29). The maximum absolute atomic E-state index is 13.3. The molecule has 0 aliphatic carbocycles. The highest BCUT2D eigenvalue weighted by Crippen LogP contribution is 2.28. The van der Waals surface area contributed by atoms with Crippen LogP contribution in [0.5, 0.6) is 5.75 Å². The van der Waals surface area contributed by atoms with Crippen molar-refractivity contribution in [3.05, 3.63) is 95.9 Å². The van der Waals surface area contributed by atoms with Gasteiger partial charge in [0.25, 0.3) is 5.91 Å². The topological polar surface area (TPSA) is 56.2 Å². The highest BCUT2D eigenvalue weighted by molar-refractivity contribution is 6.08. The van der Waals surface area contributed by atoms with Crippen LogP contribution in [0.1, 0.15) is 15.9 Å². The molecule has 4 aromatic rings.